The number of nitrogens with one attached hydrogen (secondary N) is 3. The number of fused-ring (bicyclic) bond motifs is 1. The number of nitrogen functional groups attached to an aromatic ring is 1. The van der Waals surface area contributed by atoms with E-state index < -0.39 is 6.03 Å². The van der Waals surface area contributed by atoms with Crippen molar-refractivity contribution in [2.45, 2.75) is 13.0 Å². The molecule has 3 rings (SSSR count). The number of ether oxygens (including phenoxy) is 1. The molecule has 10 nitrogen and oxygen atoms in total. The zero-order valence-corrected chi connectivity index (χ0v) is 15.8. The molecule has 12 heteroatoms. The van der Waals surface area contributed by atoms with E-state index in [1.807, 2.05) is 6.92 Å². The molecule has 3 aromatic heterocycles. The number of nitrogens with zero attached hydrogens (tertiary/aromatic N) is 4. The van der Waals surface area contributed by atoms with Crippen LogP contribution < -0.4 is 21.9 Å². The van der Waals surface area contributed by atoms with E-state index in [1.54, 1.807) is 13.2 Å². The molecule has 0 unspecified atom stereocenters. The number of anilines is 3. The number of pyridine rings is 1. The van der Waals surface area contributed by atoms with Crippen LogP contribution in [0.2, 0.25) is 10.2 Å². The average molecular weight is 411 g/mol. The molecule has 142 valence electrons. The summed E-state index contributed by atoms with van der Waals surface area (Å²) in [6.45, 7) is 1.82. The molecule has 0 radical (unpaired) electrons. The highest BCUT2D eigenvalue weighted by atomic mass is 35.5. The zero-order valence-electron chi connectivity index (χ0n) is 14.3. The lowest BCUT2D eigenvalue weighted by molar-refractivity contribution is 0.114. The predicted molar refractivity (Wildman–Crippen MR) is 103 cm³/mol. The summed E-state index contributed by atoms with van der Waals surface area (Å²) in [5.41, 5.74) is 4.26. The van der Waals surface area contributed by atoms with E-state index in [2.05, 4.69) is 31.1 Å². The maximum atomic E-state index is 12.4. The Hall–Kier alpha value is -2.66. The minimum atomic E-state index is -0.523. The van der Waals surface area contributed by atoms with E-state index in [9.17, 15) is 4.79 Å². The van der Waals surface area contributed by atoms with Gasteiger partial charge in [-0.3, -0.25) is 0 Å². The predicted octanol–water partition coefficient (Wildman–Crippen LogP) is 3.07. The van der Waals surface area contributed by atoms with Crippen LogP contribution in [-0.2, 0) is 4.74 Å². The maximum Gasteiger partial charge on any atom is 0.323 e. The van der Waals surface area contributed by atoms with Crippen LogP contribution in [0.5, 0.6) is 0 Å². The third-order valence-corrected chi connectivity index (χ3v) is 4.19. The first kappa shape index (κ1) is 19.1. The minimum absolute atomic E-state index is 0.262. The molecule has 0 saturated carbocycles. The van der Waals surface area contributed by atoms with Crippen molar-refractivity contribution in [1.29, 1.82) is 0 Å². The Labute approximate surface area is 164 Å². The highest BCUT2D eigenvalue weighted by molar-refractivity contribution is 6.33. The van der Waals surface area contributed by atoms with Gasteiger partial charge in [0, 0.05) is 13.2 Å². The fraction of sp³-hybridized carbons (Fsp3) is 0.200. The first-order valence-electron chi connectivity index (χ1n) is 7.70. The van der Waals surface area contributed by atoms with Gasteiger partial charge in [-0.25, -0.2) is 25.1 Å². The van der Waals surface area contributed by atoms with Crippen LogP contribution in [0.25, 0.3) is 5.65 Å². The second-order valence-corrected chi connectivity index (χ2v) is 6.24. The summed E-state index contributed by atoms with van der Waals surface area (Å²) in [4.78, 5) is 20.6. The molecule has 0 aliphatic carbocycles. The number of urea groups is 1. The fourth-order valence-corrected chi connectivity index (χ4v) is 2.81. The first-order chi connectivity index (χ1) is 12.9. The van der Waals surface area contributed by atoms with E-state index in [0.717, 1.165) is 0 Å². The molecule has 0 aliphatic heterocycles. The lowest BCUT2D eigenvalue weighted by Gasteiger charge is -2.17. The number of aromatic nitrogens is 4. The van der Waals surface area contributed by atoms with Gasteiger partial charge in [-0.2, -0.15) is 5.10 Å². The first-order valence-corrected chi connectivity index (χ1v) is 8.45. The van der Waals surface area contributed by atoms with Crippen molar-refractivity contribution in [2.75, 3.05) is 23.2 Å². The Morgan fingerprint density at radius 2 is 2.04 bits per heavy atom. The lowest BCUT2D eigenvalue weighted by atomic mass is 10.2. The lowest BCUT2D eigenvalue weighted by Crippen LogP contribution is -2.22. The van der Waals surface area contributed by atoms with E-state index in [0.29, 0.717) is 28.5 Å². The van der Waals surface area contributed by atoms with Gasteiger partial charge in [0.1, 0.15) is 0 Å². The van der Waals surface area contributed by atoms with Gasteiger partial charge < -0.3 is 20.8 Å². The summed E-state index contributed by atoms with van der Waals surface area (Å²) >= 11 is 12.0. The second-order valence-electron chi connectivity index (χ2n) is 5.45. The molecule has 5 N–H and O–H groups in total. The van der Waals surface area contributed by atoms with Gasteiger partial charge in [0.05, 0.1) is 40.6 Å². The molecule has 2 amide bonds. The number of hydrogen-bond acceptors (Lipinski definition) is 7. The number of hydrogen-bond donors (Lipinski definition) is 4. The van der Waals surface area contributed by atoms with Crippen molar-refractivity contribution in [3.8, 4) is 0 Å². The molecular weight excluding hydrogens is 395 g/mol. The van der Waals surface area contributed by atoms with Crippen LogP contribution in [0.4, 0.5) is 22.0 Å². The molecule has 3 aromatic rings. The topological polar surface area (TPSA) is 131 Å². The smallest absolute Gasteiger partial charge is 0.323 e. The minimum Gasteiger partial charge on any atom is -0.375 e. The average Bonchev–Trinajstić information content (AvgIpc) is 3.01. The molecule has 0 aromatic carbocycles. The fourth-order valence-electron chi connectivity index (χ4n) is 2.42. The van der Waals surface area contributed by atoms with Crippen molar-refractivity contribution in [3.05, 3.63) is 40.4 Å². The van der Waals surface area contributed by atoms with E-state index in [1.165, 1.54) is 23.0 Å². The van der Waals surface area contributed by atoms with Crippen LogP contribution in [0.3, 0.4) is 0 Å². The Kier molecular flexibility index (Phi) is 5.61. The largest absolute Gasteiger partial charge is 0.375 e. The van der Waals surface area contributed by atoms with Crippen molar-refractivity contribution in [1.82, 2.24) is 19.6 Å². The second kappa shape index (κ2) is 7.92. The SMILES string of the molecule is CO[C@@H](C)c1c(NC(=O)Nc2cnc(NN)c(Cl)c2)cnc2cc(Cl)nn12. The third-order valence-electron chi connectivity index (χ3n) is 3.71. The number of carbonyl (C=O) groups excluding carboxylic acids is 1. The maximum absolute atomic E-state index is 12.4. The van der Waals surface area contributed by atoms with Crippen molar-refractivity contribution < 1.29 is 9.53 Å². The quantitative estimate of drug-likeness (QED) is 0.375. The summed E-state index contributed by atoms with van der Waals surface area (Å²) in [5, 5.41) is 10.1. The summed E-state index contributed by atoms with van der Waals surface area (Å²) in [5.74, 6) is 5.57. The van der Waals surface area contributed by atoms with E-state index in [4.69, 9.17) is 33.8 Å². The molecule has 3 heterocycles. The highest BCUT2D eigenvalue weighted by Crippen LogP contribution is 2.27. The Morgan fingerprint density at radius 3 is 2.70 bits per heavy atom. The summed E-state index contributed by atoms with van der Waals surface area (Å²) in [7, 11) is 1.55. The number of amides is 2. The Balaban J connectivity index is 1.87. The third kappa shape index (κ3) is 4.03. The number of rotatable bonds is 5. The normalized spacial score (nSPS) is 12.0. The van der Waals surface area contributed by atoms with Gasteiger partial charge in [0.25, 0.3) is 0 Å². The molecule has 0 aliphatic rings. The number of methoxy groups -OCH3 is 1. The number of halogens is 2. The van der Waals surface area contributed by atoms with Crippen LogP contribution in [0, 0.1) is 0 Å². The van der Waals surface area contributed by atoms with Crippen LogP contribution in [-0.4, -0.2) is 32.7 Å². The molecule has 1 atom stereocenters. The van der Waals surface area contributed by atoms with E-state index in [-0.39, 0.29) is 16.3 Å². The molecular formula is C15H16Cl2N8O2. The standard InChI is InChI=1S/C15H16Cl2N8O2/c1-7(27-2)13-10(6-19-12-4-11(17)24-25(12)13)22-15(26)21-8-3-9(16)14(23-18)20-5-8/h3-7H,18H2,1-2H3,(H,20,23)(H2,21,22,26)/t7-/m0/s1. The van der Waals surface area contributed by atoms with Crippen LogP contribution >= 0.6 is 23.2 Å². The van der Waals surface area contributed by atoms with Crippen molar-refractivity contribution in [3.63, 3.8) is 0 Å². The van der Waals surface area contributed by atoms with Gasteiger partial charge in [-0.1, -0.05) is 23.2 Å². The van der Waals surface area contributed by atoms with Gasteiger partial charge >= 0.3 is 6.03 Å². The van der Waals surface area contributed by atoms with Gasteiger partial charge in [-0.05, 0) is 13.0 Å². The summed E-state index contributed by atoms with van der Waals surface area (Å²) in [6, 6.07) is 2.60. The van der Waals surface area contributed by atoms with Crippen LogP contribution in [0.1, 0.15) is 18.7 Å². The molecule has 27 heavy (non-hydrogen) atoms. The number of hydrazine groups is 1. The zero-order chi connectivity index (χ0) is 19.6. The number of nitrogens with two attached hydrogens (primary N) is 1. The van der Waals surface area contributed by atoms with E-state index >= 15 is 0 Å². The van der Waals surface area contributed by atoms with Crippen molar-refractivity contribution >= 4 is 52.1 Å². The van der Waals surface area contributed by atoms with Crippen LogP contribution in [0.15, 0.2) is 24.5 Å². The van der Waals surface area contributed by atoms with Gasteiger partial charge in [0.15, 0.2) is 16.6 Å². The van der Waals surface area contributed by atoms with Gasteiger partial charge in [0.2, 0.25) is 0 Å². The number of carbonyl (C=O) groups is 1. The molecule has 0 spiro atoms. The van der Waals surface area contributed by atoms with Gasteiger partial charge in [-0.15, -0.1) is 0 Å². The Morgan fingerprint density at radius 1 is 1.26 bits per heavy atom. The molecule has 0 fully saturated rings. The Bertz CT molecular complexity index is 993. The summed E-state index contributed by atoms with van der Waals surface area (Å²) < 4.78 is 6.91. The summed E-state index contributed by atoms with van der Waals surface area (Å²) in [6.07, 6.45) is 2.53. The van der Waals surface area contributed by atoms with Crippen molar-refractivity contribution in [2.24, 2.45) is 5.84 Å². The molecule has 0 saturated heterocycles. The molecule has 0 bridgehead atoms. The highest BCUT2D eigenvalue weighted by Gasteiger charge is 2.19. The monoisotopic (exact) mass is 410 g/mol.